The van der Waals surface area contributed by atoms with Crippen LogP contribution >= 0.6 is 0 Å². The van der Waals surface area contributed by atoms with Gasteiger partial charge in [-0.15, -0.1) is 0 Å². The van der Waals surface area contributed by atoms with Gasteiger partial charge in [0, 0.05) is 19.8 Å². The zero-order chi connectivity index (χ0) is 22.2. The second kappa shape index (κ2) is 8.13. The van der Waals surface area contributed by atoms with Crippen LogP contribution in [0.25, 0.3) is 0 Å². The van der Waals surface area contributed by atoms with Crippen LogP contribution in [0.1, 0.15) is 17.2 Å². The minimum atomic E-state index is -0.829. The van der Waals surface area contributed by atoms with Crippen molar-refractivity contribution >= 4 is 23.2 Å². The number of anilines is 2. The number of rotatable bonds is 5. The largest absolute Gasteiger partial charge is 0.378 e. The summed E-state index contributed by atoms with van der Waals surface area (Å²) in [5, 5.41) is 1.73. The van der Waals surface area contributed by atoms with Gasteiger partial charge in [-0.05, 0) is 35.4 Å². The Bertz CT molecular complexity index is 1120. The highest BCUT2D eigenvalue weighted by Crippen LogP contribution is 2.47. The third-order valence-corrected chi connectivity index (χ3v) is 6.15. The molecule has 2 saturated heterocycles. The fourth-order valence-electron chi connectivity index (χ4n) is 4.50. The number of carbonyl (C=O) groups is 2. The van der Waals surface area contributed by atoms with Crippen LogP contribution in [0.15, 0.2) is 84.9 Å². The van der Waals surface area contributed by atoms with Crippen molar-refractivity contribution in [3.05, 3.63) is 96.1 Å². The number of likely N-dealkylation sites (tertiary alicyclic amines) is 1. The van der Waals surface area contributed by atoms with Crippen LogP contribution in [0.5, 0.6) is 0 Å². The number of para-hydroxylation sites is 1. The van der Waals surface area contributed by atoms with Gasteiger partial charge < -0.3 is 4.90 Å². The highest BCUT2D eigenvalue weighted by molar-refractivity contribution is 6.07. The summed E-state index contributed by atoms with van der Waals surface area (Å²) >= 11 is 0. The molecule has 0 saturated carbocycles. The molecule has 2 fully saturated rings. The molecule has 0 aliphatic carbocycles. The maximum absolute atomic E-state index is 13.5. The van der Waals surface area contributed by atoms with Crippen molar-refractivity contribution in [2.45, 2.75) is 18.7 Å². The van der Waals surface area contributed by atoms with Crippen molar-refractivity contribution in [1.29, 1.82) is 0 Å². The Kier molecular flexibility index (Phi) is 5.15. The molecule has 0 aromatic heterocycles. The van der Waals surface area contributed by atoms with Crippen molar-refractivity contribution in [2.75, 3.05) is 24.1 Å². The number of carbonyl (C=O) groups excluding carboxylic acids is 2. The van der Waals surface area contributed by atoms with Gasteiger partial charge in [0.2, 0.25) is 5.91 Å². The third-order valence-electron chi connectivity index (χ3n) is 6.15. The molecule has 0 N–H and O–H groups in total. The number of hydrogen-bond donors (Lipinski definition) is 0. The average Bonchev–Trinajstić information content (AvgIpc) is 3.32. The second-order valence-corrected chi connectivity index (χ2v) is 8.39. The Balaban J connectivity index is 1.51. The summed E-state index contributed by atoms with van der Waals surface area (Å²) in [7, 11) is 3.97. The van der Waals surface area contributed by atoms with Crippen LogP contribution in [0.4, 0.5) is 11.4 Å². The van der Waals surface area contributed by atoms with E-state index in [1.165, 1.54) is 4.90 Å². The summed E-state index contributed by atoms with van der Waals surface area (Å²) in [4.78, 5) is 36.3. The lowest BCUT2D eigenvalue weighted by Crippen LogP contribution is -2.36. The predicted octanol–water partition coefficient (Wildman–Crippen LogP) is 3.80. The Morgan fingerprint density at radius 1 is 0.812 bits per heavy atom. The summed E-state index contributed by atoms with van der Waals surface area (Å²) in [6.45, 7) is 0.256. The van der Waals surface area contributed by atoms with Crippen LogP contribution in [0, 0.1) is 5.92 Å². The van der Waals surface area contributed by atoms with Crippen LogP contribution in [0.2, 0.25) is 0 Å². The van der Waals surface area contributed by atoms with Gasteiger partial charge in [-0.2, -0.15) is 0 Å². The first-order valence-electron chi connectivity index (χ1n) is 10.7. The summed E-state index contributed by atoms with van der Waals surface area (Å²) in [5.74, 6) is -1.07. The molecule has 0 spiro atoms. The standard InChI is InChI=1S/C26H25N3O3/c1-27(2)20-15-13-19(14-16-20)23-22-24(32-29(23)21-11-7-4-8-12-21)26(31)28(25(22)30)17-18-9-5-3-6-10-18/h3-16,22-24H,17H2,1-2H3/t22-,23+,24+/m1/s1. The summed E-state index contributed by atoms with van der Waals surface area (Å²) in [6, 6.07) is 26.9. The topological polar surface area (TPSA) is 53.1 Å². The van der Waals surface area contributed by atoms with E-state index in [0.717, 1.165) is 22.5 Å². The molecule has 3 aromatic rings. The molecule has 0 radical (unpaired) electrons. The van der Waals surface area contributed by atoms with E-state index in [2.05, 4.69) is 0 Å². The van der Waals surface area contributed by atoms with E-state index >= 15 is 0 Å². The molecule has 6 heteroatoms. The molecular formula is C26H25N3O3. The van der Waals surface area contributed by atoms with Gasteiger partial charge in [-0.1, -0.05) is 60.7 Å². The minimum absolute atomic E-state index is 0.191. The van der Waals surface area contributed by atoms with Crippen LogP contribution in [-0.4, -0.2) is 36.9 Å². The van der Waals surface area contributed by atoms with Gasteiger partial charge in [0.25, 0.3) is 5.91 Å². The van der Waals surface area contributed by atoms with Crippen molar-refractivity contribution in [2.24, 2.45) is 5.92 Å². The van der Waals surface area contributed by atoms with Crippen LogP contribution < -0.4 is 9.96 Å². The smallest absolute Gasteiger partial charge is 0.262 e. The van der Waals surface area contributed by atoms with E-state index in [0.29, 0.717) is 0 Å². The van der Waals surface area contributed by atoms with Crippen molar-refractivity contribution in [3.63, 3.8) is 0 Å². The molecule has 32 heavy (non-hydrogen) atoms. The number of hydroxylamine groups is 1. The first kappa shape index (κ1) is 20.3. The molecule has 6 nitrogen and oxygen atoms in total. The van der Waals surface area contributed by atoms with Gasteiger partial charge in [-0.25, -0.2) is 5.06 Å². The Morgan fingerprint density at radius 2 is 1.44 bits per heavy atom. The van der Waals surface area contributed by atoms with Gasteiger partial charge in [0.05, 0.1) is 18.3 Å². The molecule has 3 atom stereocenters. The Labute approximate surface area is 187 Å². The van der Waals surface area contributed by atoms with Gasteiger partial charge in [0.15, 0.2) is 6.10 Å². The molecule has 2 amide bonds. The lowest BCUT2D eigenvalue weighted by molar-refractivity contribution is -0.143. The Morgan fingerprint density at radius 3 is 2.06 bits per heavy atom. The van der Waals surface area contributed by atoms with Gasteiger partial charge in [-0.3, -0.25) is 19.3 Å². The molecule has 2 aliphatic heterocycles. The summed E-state index contributed by atoms with van der Waals surface area (Å²) in [6.07, 6.45) is -0.829. The molecule has 162 valence electrons. The number of imide groups is 1. The van der Waals surface area contributed by atoms with E-state index in [1.807, 2.05) is 104 Å². The molecule has 0 bridgehead atoms. The van der Waals surface area contributed by atoms with E-state index in [1.54, 1.807) is 5.06 Å². The van der Waals surface area contributed by atoms with Crippen LogP contribution in [0.3, 0.4) is 0 Å². The number of benzene rings is 3. The molecule has 0 unspecified atom stereocenters. The zero-order valence-electron chi connectivity index (χ0n) is 18.1. The third kappa shape index (κ3) is 3.42. The second-order valence-electron chi connectivity index (χ2n) is 8.39. The molecule has 2 heterocycles. The lowest BCUT2D eigenvalue weighted by Gasteiger charge is -2.29. The van der Waals surface area contributed by atoms with Crippen molar-refractivity contribution in [1.82, 2.24) is 4.90 Å². The number of hydrogen-bond acceptors (Lipinski definition) is 5. The summed E-state index contributed by atoms with van der Waals surface area (Å²) in [5.41, 5.74) is 3.74. The highest BCUT2D eigenvalue weighted by Gasteiger charge is 2.59. The first-order chi connectivity index (χ1) is 15.5. The summed E-state index contributed by atoms with van der Waals surface area (Å²) < 4.78 is 0. The maximum Gasteiger partial charge on any atom is 0.262 e. The normalized spacial score (nSPS) is 22.4. The van der Waals surface area contributed by atoms with E-state index in [4.69, 9.17) is 4.84 Å². The molecule has 5 rings (SSSR count). The minimum Gasteiger partial charge on any atom is -0.378 e. The SMILES string of the molecule is CN(C)c1ccc([C@H]2[C@H]3C(=O)N(Cc4ccccc4)C(=O)[C@H]3ON2c2ccccc2)cc1. The maximum atomic E-state index is 13.5. The monoisotopic (exact) mass is 427 g/mol. The fraction of sp³-hybridized carbons (Fsp3) is 0.231. The van der Waals surface area contributed by atoms with E-state index in [-0.39, 0.29) is 18.4 Å². The predicted molar refractivity (Wildman–Crippen MR) is 123 cm³/mol. The number of nitrogens with zero attached hydrogens (tertiary/aromatic N) is 3. The van der Waals surface area contributed by atoms with Gasteiger partial charge in [0.1, 0.15) is 5.92 Å². The highest BCUT2D eigenvalue weighted by atomic mass is 16.7. The van der Waals surface area contributed by atoms with Crippen molar-refractivity contribution in [3.8, 4) is 0 Å². The molecule has 3 aromatic carbocycles. The quantitative estimate of drug-likeness (QED) is 0.580. The molecule has 2 aliphatic rings. The first-order valence-corrected chi connectivity index (χ1v) is 10.7. The average molecular weight is 428 g/mol. The van der Waals surface area contributed by atoms with Gasteiger partial charge >= 0.3 is 0 Å². The van der Waals surface area contributed by atoms with Crippen LogP contribution in [-0.2, 0) is 21.0 Å². The molecular weight excluding hydrogens is 402 g/mol. The number of fused-ring (bicyclic) bond motifs is 1. The Hall–Kier alpha value is -3.64. The van der Waals surface area contributed by atoms with E-state index < -0.39 is 18.1 Å². The lowest BCUT2D eigenvalue weighted by atomic mass is 9.90. The fourth-order valence-corrected chi connectivity index (χ4v) is 4.50. The van der Waals surface area contributed by atoms with E-state index in [9.17, 15) is 9.59 Å². The zero-order valence-corrected chi connectivity index (χ0v) is 18.1. The van der Waals surface area contributed by atoms with Crippen molar-refractivity contribution < 1.29 is 14.4 Å². The number of amides is 2.